The summed E-state index contributed by atoms with van der Waals surface area (Å²) in [5, 5.41) is 0. The van der Waals surface area contributed by atoms with Crippen LogP contribution in [-0.2, 0) is 0 Å². The summed E-state index contributed by atoms with van der Waals surface area (Å²) in [6.07, 6.45) is 23.1. The molecule has 0 aromatic carbocycles. The molecule has 3 aliphatic rings. The molecule has 74 valence electrons. The number of hydrogen-bond acceptors (Lipinski definition) is 0. The van der Waals surface area contributed by atoms with E-state index >= 15 is 0 Å². The lowest BCUT2D eigenvalue weighted by molar-refractivity contribution is 0.952. The van der Waals surface area contributed by atoms with Crippen molar-refractivity contribution in [3.05, 3.63) is 71.9 Å². The Kier molecular flexibility index (Phi) is 2.06. The molecule has 0 nitrogen and oxygen atoms in total. The first-order chi connectivity index (χ1) is 7.45. The maximum absolute atomic E-state index is 2.33. The van der Waals surface area contributed by atoms with Gasteiger partial charge in [-0.15, -0.1) is 0 Å². The van der Waals surface area contributed by atoms with Crippen LogP contribution in [0.15, 0.2) is 71.9 Å². The molecule has 15 heavy (non-hydrogen) atoms. The lowest BCUT2D eigenvalue weighted by Gasteiger charge is -2.03. The topological polar surface area (TPSA) is 0 Å². The van der Waals surface area contributed by atoms with Crippen molar-refractivity contribution in [2.24, 2.45) is 11.8 Å². The van der Waals surface area contributed by atoms with Gasteiger partial charge in [0.15, 0.2) is 0 Å². The Morgan fingerprint density at radius 1 is 0.800 bits per heavy atom. The molecule has 0 unspecified atom stereocenters. The molecule has 2 atom stereocenters. The average molecular weight is 194 g/mol. The summed E-state index contributed by atoms with van der Waals surface area (Å²) >= 11 is 0. The molecule has 1 fully saturated rings. The molecule has 0 N–H and O–H groups in total. The Balaban J connectivity index is 2.01. The minimum atomic E-state index is 0.766. The standard InChI is InChI=1S/C15H14/c1-2-4-8-12(7-3-1)14-10-6-5-9-13-11-15(13)14/h1-10,13,15H,11H2/t13-,15+/m1/s1. The molecule has 0 aromatic rings. The highest BCUT2D eigenvalue weighted by molar-refractivity contribution is 5.49. The largest absolute Gasteiger partial charge is 0.0808 e. The summed E-state index contributed by atoms with van der Waals surface area (Å²) in [6.45, 7) is 0. The van der Waals surface area contributed by atoms with Crippen LogP contribution in [0.1, 0.15) is 6.42 Å². The SMILES string of the molecule is C1=CC=CC(=C2C=CC=C[C@@H]3C[C@H]23)C=C1. The fraction of sp³-hybridized carbons (Fsp3) is 0.200. The molecule has 0 saturated heterocycles. The fourth-order valence-corrected chi connectivity index (χ4v) is 2.28. The summed E-state index contributed by atoms with van der Waals surface area (Å²) in [6, 6.07) is 0. The van der Waals surface area contributed by atoms with Crippen LogP contribution < -0.4 is 0 Å². The Morgan fingerprint density at radius 3 is 2.33 bits per heavy atom. The van der Waals surface area contributed by atoms with E-state index < -0.39 is 0 Å². The van der Waals surface area contributed by atoms with E-state index in [1.165, 1.54) is 17.6 Å². The number of hydrogen-bond donors (Lipinski definition) is 0. The summed E-state index contributed by atoms with van der Waals surface area (Å²) in [4.78, 5) is 0. The number of fused-ring (bicyclic) bond motifs is 1. The second-order valence-electron chi connectivity index (χ2n) is 4.26. The van der Waals surface area contributed by atoms with E-state index in [9.17, 15) is 0 Å². The van der Waals surface area contributed by atoms with Gasteiger partial charge in [0.1, 0.15) is 0 Å². The maximum atomic E-state index is 2.33. The molecule has 0 amide bonds. The first-order valence-electron chi connectivity index (χ1n) is 5.55. The number of allylic oxidation sites excluding steroid dienone is 12. The Morgan fingerprint density at radius 2 is 1.53 bits per heavy atom. The minimum Gasteiger partial charge on any atom is -0.0808 e. The molecule has 0 heterocycles. The molecule has 0 aliphatic heterocycles. The van der Waals surface area contributed by atoms with E-state index in [4.69, 9.17) is 0 Å². The highest BCUT2D eigenvalue weighted by Crippen LogP contribution is 2.48. The van der Waals surface area contributed by atoms with Gasteiger partial charge in [-0.25, -0.2) is 0 Å². The number of rotatable bonds is 0. The van der Waals surface area contributed by atoms with Crippen molar-refractivity contribution in [3.8, 4) is 0 Å². The van der Waals surface area contributed by atoms with Gasteiger partial charge in [-0.1, -0.05) is 60.8 Å². The normalized spacial score (nSPS) is 31.5. The van der Waals surface area contributed by atoms with Gasteiger partial charge in [-0.2, -0.15) is 0 Å². The van der Waals surface area contributed by atoms with Crippen molar-refractivity contribution < 1.29 is 0 Å². The van der Waals surface area contributed by atoms with Gasteiger partial charge >= 0.3 is 0 Å². The van der Waals surface area contributed by atoms with E-state index in [-0.39, 0.29) is 0 Å². The summed E-state index contributed by atoms with van der Waals surface area (Å²) in [5.41, 5.74) is 2.87. The van der Waals surface area contributed by atoms with Crippen molar-refractivity contribution in [2.75, 3.05) is 0 Å². The molecule has 3 rings (SSSR count). The fourth-order valence-electron chi connectivity index (χ4n) is 2.28. The van der Waals surface area contributed by atoms with Gasteiger partial charge in [-0.05, 0) is 29.4 Å². The van der Waals surface area contributed by atoms with E-state index in [2.05, 4.69) is 60.8 Å². The lowest BCUT2D eigenvalue weighted by Crippen LogP contribution is -1.88. The van der Waals surface area contributed by atoms with E-state index in [0.29, 0.717) is 0 Å². The molecule has 1 saturated carbocycles. The van der Waals surface area contributed by atoms with Crippen LogP contribution >= 0.6 is 0 Å². The van der Waals surface area contributed by atoms with E-state index in [1.54, 1.807) is 0 Å². The Bertz CT molecular complexity index is 421. The Labute approximate surface area is 90.7 Å². The highest BCUT2D eigenvalue weighted by Gasteiger charge is 2.38. The average Bonchev–Trinajstić information content (AvgIpc) is 3.01. The third-order valence-electron chi connectivity index (χ3n) is 3.20. The molecular formula is C15H14. The highest BCUT2D eigenvalue weighted by atomic mass is 14.4. The van der Waals surface area contributed by atoms with Crippen LogP contribution in [0.3, 0.4) is 0 Å². The third kappa shape index (κ3) is 1.68. The van der Waals surface area contributed by atoms with Gasteiger partial charge in [-0.3, -0.25) is 0 Å². The first kappa shape index (κ1) is 8.72. The van der Waals surface area contributed by atoms with Gasteiger partial charge in [0.05, 0.1) is 0 Å². The minimum absolute atomic E-state index is 0.766. The van der Waals surface area contributed by atoms with Crippen molar-refractivity contribution in [1.29, 1.82) is 0 Å². The van der Waals surface area contributed by atoms with Gasteiger partial charge in [0.25, 0.3) is 0 Å². The van der Waals surface area contributed by atoms with Crippen LogP contribution in [0, 0.1) is 11.8 Å². The summed E-state index contributed by atoms with van der Waals surface area (Å²) in [5.74, 6) is 1.56. The zero-order valence-corrected chi connectivity index (χ0v) is 8.64. The van der Waals surface area contributed by atoms with Crippen LogP contribution in [0.25, 0.3) is 0 Å². The molecule has 0 heteroatoms. The predicted molar refractivity (Wildman–Crippen MR) is 64.3 cm³/mol. The molecule has 0 spiro atoms. The Hall–Kier alpha value is -1.56. The van der Waals surface area contributed by atoms with Crippen molar-refractivity contribution in [3.63, 3.8) is 0 Å². The molecule has 0 bridgehead atoms. The zero-order valence-electron chi connectivity index (χ0n) is 8.64. The van der Waals surface area contributed by atoms with Crippen molar-refractivity contribution in [2.45, 2.75) is 6.42 Å². The monoisotopic (exact) mass is 194 g/mol. The second kappa shape index (κ2) is 3.54. The maximum Gasteiger partial charge on any atom is -0.00869 e. The van der Waals surface area contributed by atoms with Gasteiger partial charge in [0, 0.05) is 0 Å². The molecule has 0 aromatic heterocycles. The molecular weight excluding hydrogens is 180 g/mol. The van der Waals surface area contributed by atoms with Gasteiger partial charge in [0.2, 0.25) is 0 Å². The van der Waals surface area contributed by atoms with Crippen LogP contribution in [0.2, 0.25) is 0 Å². The van der Waals surface area contributed by atoms with Crippen molar-refractivity contribution >= 4 is 0 Å². The zero-order chi connectivity index (χ0) is 10.1. The lowest BCUT2D eigenvalue weighted by atomic mass is 10.0. The van der Waals surface area contributed by atoms with E-state index in [1.807, 2.05) is 0 Å². The smallest absolute Gasteiger partial charge is 0.00869 e. The molecule has 3 aliphatic carbocycles. The third-order valence-corrected chi connectivity index (χ3v) is 3.20. The van der Waals surface area contributed by atoms with Crippen molar-refractivity contribution in [1.82, 2.24) is 0 Å². The van der Waals surface area contributed by atoms with E-state index in [0.717, 1.165) is 11.8 Å². The second-order valence-corrected chi connectivity index (χ2v) is 4.26. The predicted octanol–water partition coefficient (Wildman–Crippen LogP) is 3.73. The first-order valence-corrected chi connectivity index (χ1v) is 5.55. The summed E-state index contributed by atoms with van der Waals surface area (Å²) < 4.78 is 0. The van der Waals surface area contributed by atoms with Crippen LogP contribution in [0.4, 0.5) is 0 Å². The quantitative estimate of drug-likeness (QED) is 0.551. The molecule has 0 radical (unpaired) electrons. The van der Waals surface area contributed by atoms with Gasteiger partial charge < -0.3 is 0 Å². The van der Waals surface area contributed by atoms with Crippen LogP contribution in [0.5, 0.6) is 0 Å². The van der Waals surface area contributed by atoms with Crippen LogP contribution in [-0.4, -0.2) is 0 Å². The summed E-state index contributed by atoms with van der Waals surface area (Å²) in [7, 11) is 0.